The van der Waals surface area contributed by atoms with E-state index in [2.05, 4.69) is 27.0 Å². The highest BCUT2D eigenvalue weighted by Crippen LogP contribution is 2.21. The van der Waals surface area contributed by atoms with Crippen molar-refractivity contribution in [1.29, 1.82) is 0 Å². The van der Waals surface area contributed by atoms with E-state index in [0.29, 0.717) is 5.92 Å². The third-order valence-corrected chi connectivity index (χ3v) is 4.36. The summed E-state index contributed by atoms with van der Waals surface area (Å²) in [5.74, 6) is 0.313. The van der Waals surface area contributed by atoms with Crippen molar-refractivity contribution in [2.24, 2.45) is 5.92 Å². The van der Waals surface area contributed by atoms with Crippen LogP contribution < -0.4 is 0 Å². The minimum Gasteiger partial charge on any atom is -0.391 e. The van der Waals surface area contributed by atoms with Crippen molar-refractivity contribution >= 4 is 0 Å². The average molecular weight is 297 g/mol. The number of nitrogens with zero attached hydrogens (tertiary/aromatic N) is 3. The van der Waals surface area contributed by atoms with Crippen molar-refractivity contribution < 1.29 is 5.11 Å². The topological polar surface area (TPSA) is 49.2 Å². The van der Waals surface area contributed by atoms with E-state index < -0.39 is 0 Å². The summed E-state index contributed by atoms with van der Waals surface area (Å²) in [7, 11) is 0. The summed E-state index contributed by atoms with van der Waals surface area (Å²) in [6.07, 6.45) is 5.26. The molecule has 1 fully saturated rings. The van der Waals surface area contributed by atoms with Gasteiger partial charge in [-0.25, -0.2) is 0 Å². The molecule has 0 amide bonds. The number of hydrogen-bond donors (Lipinski definition) is 1. The highest BCUT2D eigenvalue weighted by molar-refractivity contribution is 5.12. The van der Waals surface area contributed by atoms with Crippen LogP contribution in [0.1, 0.15) is 17.0 Å². The average Bonchev–Trinajstić information content (AvgIpc) is 2.87. The van der Waals surface area contributed by atoms with Gasteiger partial charge in [0.05, 0.1) is 6.10 Å². The normalized spacial score (nSPS) is 22.1. The highest BCUT2D eigenvalue weighted by Gasteiger charge is 2.30. The molecule has 116 valence electrons. The van der Waals surface area contributed by atoms with Gasteiger partial charge in [-0.15, -0.1) is 0 Å². The van der Waals surface area contributed by atoms with Crippen molar-refractivity contribution in [2.75, 3.05) is 19.6 Å². The van der Waals surface area contributed by atoms with Crippen LogP contribution >= 0.6 is 0 Å². The van der Waals surface area contributed by atoms with Crippen LogP contribution in [0, 0.1) is 12.8 Å². The standard InChI is InChI=1S/C18H23N3O/c1-14-3-2-4-17(20-14)7-10-21-12-16(18(22)13-21)11-15-5-8-19-9-6-15/h2-6,8-9,16,18,22H,7,10-13H2,1H3/t16-,18+/m1/s1. The molecule has 2 aromatic heterocycles. The van der Waals surface area contributed by atoms with Crippen molar-refractivity contribution in [3.05, 3.63) is 59.7 Å². The number of β-amino-alcohol motifs (C(OH)–C–C–N with tert-alkyl or cyclic N) is 1. The second kappa shape index (κ2) is 6.99. The fourth-order valence-corrected chi connectivity index (χ4v) is 3.16. The Balaban J connectivity index is 1.52. The molecule has 22 heavy (non-hydrogen) atoms. The van der Waals surface area contributed by atoms with E-state index in [1.807, 2.05) is 37.5 Å². The van der Waals surface area contributed by atoms with Crippen molar-refractivity contribution in [3.8, 4) is 0 Å². The Bertz CT molecular complexity index is 602. The van der Waals surface area contributed by atoms with Gasteiger partial charge < -0.3 is 5.11 Å². The summed E-state index contributed by atoms with van der Waals surface area (Å²) in [5.41, 5.74) is 3.45. The van der Waals surface area contributed by atoms with Gasteiger partial charge in [0.1, 0.15) is 0 Å². The molecule has 0 spiro atoms. The van der Waals surface area contributed by atoms with Gasteiger partial charge in [0.15, 0.2) is 0 Å². The number of rotatable bonds is 5. The van der Waals surface area contributed by atoms with Crippen LogP contribution in [0.5, 0.6) is 0 Å². The number of likely N-dealkylation sites (tertiary alicyclic amines) is 1. The maximum absolute atomic E-state index is 10.3. The second-order valence-electron chi connectivity index (χ2n) is 6.17. The van der Waals surface area contributed by atoms with Crippen LogP contribution in [0.2, 0.25) is 0 Å². The van der Waals surface area contributed by atoms with E-state index in [-0.39, 0.29) is 6.10 Å². The van der Waals surface area contributed by atoms with Gasteiger partial charge in [-0.1, -0.05) is 6.07 Å². The Hall–Kier alpha value is -1.78. The van der Waals surface area contributed by atoms with E-state index in [9.17, 15) is 5.11 Å². The molecular formula is C18H23N3O. The zero-order valence-corrected chi connectivity index (χ0v) is 13.0. The first-order valence-electron chi connectivity index (χ1n) is 7.92. The number of aryl methyl sites for hydroxylation is 1. The third-order valence-electron chi connectivity index (χ3n) is 4.36. The van der Waals surface area contributed by atoms with Gasteiger partial charge in [0.25, 0.3) is 0 Å². The molecule has 0 aromatic carbocycles. The van der Waals surface area contributed by atoms with Gasteiger partial charge in [-0.2, -0.15) is 0 Å². The molecule has 0 radical (unpaired) electrons. The van der Waals surface area contributed by atoms with Crippen LogP contribution in [0.3, 0.4) is 0 Å². The maximum atomic E-state index is 10.3. The molecule has 2 atom stereocenters. The highest BCUT2D eigenvalue weighted by atomic mass is 16.3. The fraction of sp³-hybridized carbons (Fsp3) is 0.444. The van der Waals surface area contributed by atoms with Crippen LogP contribution in [0.4, 0.5) is 0 Å². The van der Waals surface area contributed by atoms with E-state index in [1.54, 1.807) is 0 Å². The summed E-state index contributed by atoms with van der Waals surface area (Å²) in [6.45, 7) is 4.70. The maximum Gasteiger partial charge on any atom is 0.0710 e. The number of aliphatic hydroxyl groups is 1. The largest absolute Gasteiger partial charge is 0.391 e. The molecule has 1 N–H and O–H groups in total. The van der Waals surface area contributed by atoms with E-state index in [4.69, 9.17) is 0 Å². The van der Waals surface area contributed by atoms with E-state index >= 15 is 0 Å². The number of pyridine rings is 2. The fourth-order valence-electron chi connectivity index (χ4n) is 3.16. The first-order valence-corrected chi connectivity index (χ1v) is 7.92. The van der Waals surface area contributed by atoms with Crippen LogP contribution in [-0.4, -0.2) is 45.7 Å². The minimum atomic E-state index is -0.237. The Morgan fingerprint density at radius 2 is 2.00 bits per heavy atom. The zero-order chi connectivity index (χ0) is 15.4. The van der Waals surface area contributed by atoms with Crippen LogP contribution in [0.15, 0.2) is 42.7 Å². The van der Waals surface area contributed by atoms with Crippen LogP contribution in [0.25, 0.3) is 0 Å². The lowest BCUT2D eigenvalue weighted by Gasteiger charge is -2.15. The SMILES string of the molecule is Cc1cccc(CCN2C[C@@H](Cc3ccncc3)[C@@H](O)C2)n1. The first-order chi connectivity index (χ1) is 10.7. The van der Waals surface area contributed by atoms with E-state index in [1.165, 1.54) is 5.56 Å². The molecule has 0 saturated carbocycles. The Kier molecular flexibility index (Phi) is 4.80. The second-order valence-corrected chi connectivity index (χ2v) is 6.17. The molecule has 1 aliphatic rings. The lowest BCUT2D eigenvalue weighted by atomic mass is 9.97. The minimum absolute atomic E-state index is 0.237. The number of hydrogen-bond acceptors (Lipinski definition) is 4. The molecule has 0 bridgehead atoms. The zero-order valence-electron chi connectivity index (χ0n) is 13.0. The molecule has 1 saturated heterocycles. The molecule has 4 nitrogen and oxygen atoms in total. The molecule has 2 aromatic rings. The lowest BCUT2D eigenvalue weighted by Crippen LogP contribution is -2.24. The molecule has 3 rings (SSSR count). The Morgan fingerprint density at radius 3 is 2.77 bits per heavy atom. The summed E-state index contributed by atoms with van der Waals surface area (Å²) in [6, 6.07) is 10.2. The summed E-state index contributed by atoms with van der Waals surface area (Å²) in [4.78, 5) is 10.9. The summed E-state index contributed by atoms with van der Waals surface area (Å²) in [5, 5.41) is 10.3. The smallest absolute Gasteiger partial charge is 0.0710 e. The molecule has 3 heterocycles. The van der Waals surface area contributed by atoms with Gasteiger partial charge in [-0.3, -0.25) is 14.9 Å². The predicted octanol–water partition coefficient (Wildman–Crippen LogP) is 1.86. The predicted molar refractivity (Wildman–Crippen MR) is 86.6 cm³/mol. The molecule has 1 aliphatic heterocycles. The van der Waals surface area contributed by atoms with Crippen molar-refractivity contribution in [3.63, 3.8) is 0 Å². The first kappa shape index (κ1) is 15.1. The molecule has 0 aliphatic carbocycles. The molecule has 0 unspecified atom stereocenters. The van der Waals surface area contributed by atoms with Crippen molar-refractivity contribution in [2.45, 2.75) is 25.9 Å². The van der Waals surface area contributed by atoms with E-state index in [0.717, 1.165) is 43.9 Å². The quantitative estimate of drug-likeness (QED) is 0.915. The van der Waals surface area contributed by atoms with Gasteiger partial charge in [0, 0.05) is 55.8 Å². The Labute approximate surface area is 131 Å². The summed E-state index contributed by atoms with van der Waals surface area (Å²) >= 11 is 0. The Morgan fingerprint density at radius 1 is 1.18 bits per heavy atom. The van der Waals surface area contributed by atoms with Crippen LogP contribution in [-0.2, 0) is 12.8 Å². The monoisotopic (exact) mass is 297 g/mol. The number of aliphatic hydroxyl groups excluding tert-OH is 1. The molecule has 4 heteroatoms. The van der Waals surface area contributed by atoms with Gasteiger partial charge in [-0.05, 0) is 43.2 Å². The number of aromatic nitrogens is 2. The molecular weight excluding hydrogens is 274 g/mol. The third kappa shape index (κ3) is 3.90. The summed E-state index contributed by atoms with van der Waals surface area (Å²) < 4.78 is 0. The van der Waals surface area contributed by atoms with Crippen molar-refractivity contribution in [1.82, 2.24) is 14.9 Å². The van der Waals surface area contributed by atoms with Gasteiger partial charge >= 0.3 is 0 Å². The lowest BCUT2D eigenvalue weighted by molar-refractivity contribution is 0.141. The van der Waals surface area contributed by atoms with Gasteiger partial charge in [0.2, 0.25) is 0 Å².